The topological polar surface area (TPSA) is 40.6 Å². The van der Waals surface area contributed by atoms with Gasteiger partial charge in [-0.2, -0.15) is 0 Å². The molecule has 2 saturated heterocycles. The summed E-state index contributed by atoms with van der Waals surface area (Å²) in [6.07, 6.45) is 2.19. The molecule has 0 radical (unpaired) electrons. The second kappa shape index (κ2) is 10.1. The number of anilines is 1. The van der Waals surface area contributed by atoms with Gasteiger partial charge in [0.2, 0.25) is 3.79 Å². The van der Waals surface area contributed by atoms with Gasteiger partial charge in [-0.25, -0.2) is 0 Å². The third-order valence-corrected chi connectivity index (χ3v) is 7.48. The number of halogens is 3. The minimum absolute atomic E-state index is 0.117. The molecule has 2 aromatic carbocycles. The summed E-state index contributed by atoms with van der Waals surface area (Å²) in [5.41, 5.74) is 2.95. The van der Waals surface area contributed by atoms with Crippen LogP contribution in [0.5, 0.6) is 0 Å². The second-order valence-electron chi connectivity index (χ2n) is 8.69. The van der Waals surface area contributed by atoms with Crippen LogP contribution in [0.15, 0.2) is 66.9 Å². The predicted octanol–water partition coefficient (Wildman–Crippen LogP) is 5.82. The molecule has 1 N–H and O–H groups in total. The molecule has 1 aromatic heterocycles. The Morgan fingerprint density at radius 3 is 2.59 bits per heavy atom. The zero-order valence-corrected chi connectivity index (χ0v) is 21.5. The number of rotatable bonds is 3. The lowest BCUT2D eigenvalue weighted by Gasteiger charge is -2.42. The first kappa shape index (κ1) is 24.0. The number of nitrogens with zero attached hydrogens (tertiary/aromatic N) is 3. The number of hydrogen-bond donors (Lipinski definition) is 1. The van der Waals surface area contributed by atoms with Crippen LogP contribution in [0.2, 0.25) is 0 Å². The molecule has 0 saturated carbocycles. The molecule has 5 nitrogen and oxygen atoms in total. The van der Waals surface area contributed by atoms with E-state index in [1.165, 1.54) is 5.56 Å². The maximum Gasteiger partial charge on any atom is 0.223 e. The summed E-state index contributed by atoms with van der Waals surface area (Å²) >= 11 is 25.5. The highest BCUT2D eigenvalue weighted by Crippen LogP contribution is 2.41. The number of thiocarbonyl (C=S) groups is 1. The molecule has 178 valence electrons. The van der Waals surface area contributed by atoms with Crippen LogP contribution in [-0.2, 0) is 4.74 Å². The molecule has 34 heavy (non-hydrogen) atoms. The Hall–Kier alpha value is -1.67. The van der Waals surface area contributed by atoms with Gasteiger partial charge in [0.1, 0.15) is 6.17 Å². The molecule has 0 spiro atoms. The molecule has 3 unspecified atom stereocenters. The number of fused-ring (bicyclic) bond motifs is 1. The van der Waals surface area contributed by atoms with Gasteiger partial charge in [0.05, 0.1) is 24.4 Å². The summed E-state index contributed by atoms with van der Waals surface area (Å²) in [6, 6.07) is 20.5. The van der Waals surface area contributed by atoms with Crippen molar-refractivity contribution in [2.75, 3.05) is 31.6 Å². The van der Waals surface area contributed by atoms with Gasteiger partial charge in [-0.05, 0) is 36.3 Å². The lowest BCUT2D eigenvalue weighted by Crippen LogP contribution is -2.56. The summed E-state index contributed by atoms with van der Waals surface area (Å²) in [5, 5.41) is 4.89. The number of benzene rings is 2. The molecule has 2 aliphatic heterocycles. The maximum atomic E-state index is 6.55. The Balaban J connectivity index is 1.36. The second-order valence-corrected chi connectivity index (χ2v) is 11.4. The van der Waals surface area contributed by atoms with Crippen LogP contribution in [-0.4, -0.2) is 62.2 Å². The average Bonchev–Trinajstić information content (AvgIpc) is 3.31. The molecule has 5 rings (SSSR count). The van der Waals surface area contributed by atoms with Crippen molar-refractivity contribution in [1.29, 1.82) is 0 Å². The van der Waals surface area contributed by atoms with Crippen molar-refractivity contribution in [1.82, 2.24) is 14.8 Å². The zero-order chi connectivity index (χ0) is 23.7. The van der Waals surface area contributed by atoms with Gasteiger partial charge in [0.25, 0.3) is 0 Å². The van der Waals surface area contributed by atoms with Gasteiger partial charge in [0, 0.05) is 36.6 Å². The normalized spacial score (nSPS) is 23.9. The van der Waals surface area contributed by atoms with Gasteiger partial charge >= 0.3 is 0 Å². The van der Waals surface area contributed by atoms with Crippen LogP contribution >= 0.6 is 47.0 Å². The van der Waals surface area contributed by atoms with E-state index in [1.54, 1.807) is 6.20 Å². The molecule has 3 aromatic rings. The monoisotopic (exact) mass is 534 g/mol. The Kier molecular flexibility index (Phi) is 7.17. The third kappa shape index (κ3) is 4.99. The number of aromatic nitrogens is 1. The summed E-state index contributed by atoms with van der Waals surface area (Å²) in [4.78, 5) is 8.71. The highest BCUT2D eigenvalue weighted by atomic mass is 35.6. The number of nitrogens with one attached hydrogen (secondary N) is 1. The highest BCUT2D eigenvalue weighted by molar-refractivity contribution is 7.80. The zero-order valence-electron chi connectivity index (χ0n) is 18.4. The van der Waals surface area contributed by atoms with Gasteiger partial charge < -0.3 is 15.0 Å². The molecule has 0 amide bonds. The Morgan fingerprint density at radius 1 is 1.00 bits per heavy atom. The maximum absolute atomic E-state index is 6.55. The fourth-order valence-electron chi connectivity index (χ4n) is 5.00. The summed E-state index contributed by atoms with van der Waals surface area (Å²) in [6.45, 7) is 2.67. The first-order valence-corrected chi connectivity index (χ1v) is 12.8. The fourth-order valence-corrected chi connectivity index (χ4v) is 6.03. The van der Waals surface area contributed by atoms with Crippen molar-refractivity contribution in [3.63, 3.8) is 0 Å². The predicted molar refractivity (Wildman–Crippen MR) is 144 cm³/mol. The van der Waals surface area contributed by atoms with Gasteiger partial charge in [0.15, 0.2) is 5.11 Å². The number of ether oxygens (including phenoxy) is 1. The van der Waals surface area contributed by atoms with E-state index in [0.717, 1.165) is 29.6 Å². The van der Waals surface area contributed by atoms with Crippen LogP contribution < -0.4 is 5.32 Å². The quantitative estimate of drug-likeness (QED) is 0.337. The largest absolute Gasteiger partial charge is 0.379 e. The summed E-state index contributed by atoms with van der Waals surface area (Å²) in [7, 11) is 0. The van der Waals surface area contributed by atoms with E-state index in [1.807, 2.05) is 41.3 Å². The van der Waals surface area contributed by atoms with Crippen LogP contribution in [0.4, 0.5) is 5.69 Å². The van der Waals surface area contributed by atoms with Crippen LogP contribution in [0.3, 0.4) is 0 Å². The van der Waals surface area contributed by atoms with Gasteiger partial charge in [-0.3, -0.25) is 9.88 Å². The standard InChI is InChI=1S/C25H25Cl3N4OS/c26-25(27,28)23-31(20-14-19(15-33-16-20)17-6-2-1-3-7-17)12-13-32(23)24(34)30-21-10-4-8-18-9-5-11-29-22(18)21/h1-11,19-20,23H,12-16H2,(H,30,34). The molecule has 0 aliphatic carbocycles. The third-order valence-electron chi connectivity index (χ3n) is 6.56. The fraction of sp³-hybridized carbons (Fsp3) is 0.360. The number of para-hydroxylation sites is 1. The molecule has 2 fully saturated rings. The van der Waals surface area contributed by atoms with E-state index in [9.17, 15) is 0 Å². The minimum Gasteiger partial charge on any atom is -0.379 e. The van der Waals surface area contributed by atoms with E-state index in [4.69, 9.17) is 51.8 Å². The Morgan fingerprint density at radius 2 is 1.79 bits per heavy atom. The lowest BCUT2D eigenvalue weighted by molar-refractivity contribution is -0.00666. The smallest absolute Gasteiger partial charge is 0.223 e. The number of alkyl halides is 3. The van der Waals surface area contributed by atoms with Crippen molar-refractivity contribution in [2.45, 2.75) is 28.3 Å². The van der Waals surface area contributed by atoms with Gasteiger partial charge in [-0.15, -0.1) is 0 Å². The highest BCUT2D eigenvalue weighted by Gasteiger charge is 2.49. The SMILES string of the molecule is S=C(Nc1cccc2cccnc12)N1CCN(C2COCC(c3ccccc3)C2)C1C(Cl)(Cl)Cl. The molecule has 0 bridgehead atoms. The van der Waals surface area contributed by atoms with Crippen molar-refractivity contribution >= 4 is 68.7 Å². The number of pyridine rings is 1. The Bertz CT molecular complexity index is 1150. The lowest BCUT2D eigenvalue weighted by atomic mass is 9.90. The first-order chi connectivity index (χ1) is 16.4. The minimum atomic E-state index is -1.56. The molecule has 9 heteroatoms. The molecule has 3 atom stereocenters. The molecule has 3 heterocycles. The summed E-state index contributed by atoms with van der Waals surface area (Å²) in [5.74, 6) is 0.303. The first-order valence-electron chi connectivity index (χ1n) is 11.3. The van der Waals surface area contributed by atoms with E-state index in [-0.39, 0.29) is 6.04 Å². The van der Waals surface area contributed by atoms with Crippen LogP contribution in [0.25, 0.3) is 10.9 Å². The van der Waals surface area contributed by atoms with Crippen LogP contribution in [0.1, 0.15) is 17.9 Å². The van der Waals surface area contributed by atoms with Gasteiger partial charge in [-0.1, -0.05) is 83.3 Å². The average molecular weight is 536 g/mol. The number of hydrogen-bond acceptors (Lipinski definition) is 4. The van der Waals surface area contributed by atoms with Crippen molar-refractivity contribution in [2.24, 2.45) is 0 Å². The van der Waals surface area contributed by atoms with Crippen molar-refractivity contribution < 1.29 is 4.74 Å². The molecular formula is C25H25Cl3N4OS. The summed E-state index contributed by atoms with van der Waals surface area (Å²) < 4.78 is 4.46. The van der Waals surface area contributed by atoms with E-state index in [0.29, 0.717) is 30.8 Å². The molecular weight excluding hydrogens is 511 g/mol. The van der Waals surface area contributed by atoms with Crippen molar-refractivity contribution in [3.8, 4) is 0 Å². The van der Waals surface area contributed by atoms with E-state index in [2.05, 4.69) is 39.5 Å². The van der Waals surface area contributed by atoms with E-state index >= 15 is 0 Å². The Labute approximate surface area is 219 Å². The van der Waals surface area contributed by atoms with Crippen molar-refractivity contribution in [3.05, 3.63) is 72.4 Å². The van der Waals surface area contributed by atoms with E-state index < -0.39 is 9.96 Å². The molecule has 2 aliphatic rings. The van der Waals surface area contributed by atoms with Crippen LogP contribution in [0, 0.1) is 0 Å².